The highest BCUT2D eigenvalue weighted by Gasteiger charge is 2.21. The fourth-order valence-electron chi connectivity index (χ4n) is 5.12. The lowest BCUT2D eigenvalue weighted by Crippen LogP contribution is -2.20. The van der Waals surface area contributed by atoms with E-state index in [1.165, 1.54) is 77.0 Å². The molecule has 2 heteroatoms. The minimum atomic E-state index is 0.742. The van der Waals surface area contributed by atoms with Crippen molar-refractivity contribution in [2.75, 3.05) is 13.2 Å². The van der Waals surface area contributed by atoms with Crippen molar-refractivity contribution in [3.8, 4) is 11.5 Å². The standard InChI is InChI=1S/C26H42O2/c1-3-5-22-11-13-24(14-12-22)20-28-26-17-15-25(16-18-26)27-19-4-6-23-9-7-21(2)8-10-23/h15-18,21-24H,3-14,19-20H2,1-2H3/t21-,22-,23-,24-. The van der Waals surface area contributed by atoms with Crippen molar-refractivity contribution in [3.05, 3.63) is 24.3 Å². The lowest BCUT2D eigenvalue weighted by atomic mass is 9.80. The fraction of sp³-hybridized carbons (Fsp3) is 0.769. The molecule has 0 aromatic heterocycles. The minimum absolute atomic E-state index is 0.742. The molecule has 0 radical (unpaired) electrons. The van der Waals surface area contributed by atoms with Crippen molar-refractivity contribution >= 4 is 0 Å². The van der Waals surface area contributed by atoms with E-state index in [0.717, 1.165) is 48.4 Å². The van der Waals surface area contributed by atoms with E-state index in [0.29, 0.717) is 0 Å². The van der Waals surface area contributed by atoms with Crippen LogP contribution >= 0.6 is 0 Å². The minimum Gasteiger partial charge on any atom is -0.494 e. The quantitative estimate of drug-likeness (QED) is 0.384. The van der Waals surface area contributed by atoms with Gasteiger partial charge in [-0.25, -0.2) is 0 Å². The van der Waals surface area contributed by atoms with Gasteiger partial charge < -0.3 is 9.47 Å². The summed E-state index contributed by atoms with van der Waals surface area (Å²) in [7, 11) is 0. The number of hydrogen-bond donors (Lipinski definition) is 0. The van der Waals surface area contributed by atoms with Crippen LogP contribution in [0.4, 0.5) is 0 Å². The summed E-state index contributed by atoms with van der Waals surface area (Å²) in [5, 5.41) is 0. The average molecular weight is 387 g/mol. The van der Waals surface area contributed by atoms with E-state index >= 15 is 0 Å². The van der Waals surface area contributed by atoms with Gasteiger partial charge in [0.1, 0.15) is 11.5 Å². The molecule has 158 valence electrons. The molecule has 2 aliphatic rings. The summed E-state index contributed by atoms with van der Waals surface area (Å²) in [5.41, 5.74) is 0. The maximum Gasteiger partial charge on any atom is 0.119 e. The van der Waals surface area contributed by atoms with Gasteiger partial charge in [-0.15, -0.1) is 0 Å². The largest absolute Gasteiger partial charge is 0.494 e. The van der Waals surface area contributed by atoms with E-state index < -0.39 is 0 Å². The smallest absolute Gasteiger partial charge is 0.119 e. The van der Waals surface area contributed by atoms with Gasteiger partial charge in [0, 0.05) is 0 Å². The van der Waals surface area contributed by atoms with Crippen LogP contribution in [0.3, 0.4) is 0 Å². The van der Waals surface area contributed by atoms with Gasteiger partial charge in [0.05, 0.1) is 13.2 Å². The van der Waals surface area contributed by atoms with E-state index in [1.807, 2.05) is 0 Å². The van der Waals surface area contributed by atoms with Crippen molar-refractivity contribution in [1.29, 1.82) is 0 Å². The second-order valence-electron chi connectivity index (χ2n) is 9.57. The lowest BCUT2D eigenvalue weighted by Gasteiger charge is -2.28. The molecule has 0 heterocycles. The van der Waals surface area contributed by atoms with Crippen LogP contribution in [-0.2, 0) is 0 Å². The van der Waals surface area contributed by atoms with Crippen LogP contribution in [0.15, 0.2) is 24.3 Å². The second kappa shape index (κ2) is 11.7. The van der Waals surface area contributed by atoms with E-state index in [9.17, 15) is 0 Å². The first-order valence-electron chi connectivity index (χ1n) is 12.1. The molecule has 1 aromatic carbocycles. The summed E-state index contributed by atoms with van der Waals surface area (Å²) in [5.74, 6) is 5.56. The third kappa shape index (κ3) is 7.33. The highest BCUT2D eigenvalue weighted by Crippen LogP contribution is 2.32. The second-order valence-corrected chi connectivity index (χ2v) is 9.57. The molecule has 2 saturated carbocycles. The van der Waals surface area contributed by atoms with Gasteiger partial charge in [0.25, 0.3) is 0 Å². The van der Waals surface area contributed by atoms with Crippen molar-refractivity contribution in [1.82, 2.24) is 0 Å². The molecule has 3 rings (SSSR count). The monoisotopic (exact) mass is 386 g/mol. The Kier molecular flexibility index (Phi) is 9.02. The summed E-state index contributed by atoms with van der Waals surface area (Å²) in [6.07, 6.45) is 16.4. The van der Waals surface area contributed by atoms with E-state index in [-0.39, 0.29) is 0 Å². The zero-order valence-corrected chi connectivity index (χ0v) is 18.3. The number of ether oxygens (including phenoxy) is 2. The van der Waals surface area contributed by atoms with Gasteiger partial charge in [-0.3, -0.25) is 0 Å². The van der Waals surface area contributed by atoms with Crippen molar-refractivity contribution < 1.29 is 9.47 Å². The van der Waals surface area contributed by atoms with E-state index in [2.05, 4.69) is 38.1 Å². The first-order valence-corrected chi connectivity index (χ1v) is 12.1. The Morgan fingerprint density at radius 2 is 1.25 bits per heavy atom. The molecule has 0 amide bonds. The molecular formula is C26H42O2. The van der Waals surface area contributed by atoms with E-state index in [1.54, 1.807) is 0 Å². The average Bonchev–Trinajstić information content (AvgIpc) is 2.73. The van der Waals surface area contributed by atoms with Crippen molar-refractivity contribution in [3.63, 3.8) is 0 Å². The SMILES string of the molecule is CCC[C@H]1CC[C@H](COc2ccc(OCCC[C@H]3CC[C@H](C)CC3)cc2)CC1. The summed E-state index contributed by atoms with van der Waals surface area (Å²) < 4.78 is 12.0. The summed E-state index contributed by atoms with van der Waals surface area (Å²) >= 11 is 0. The molecule has 0 atom stereocenters. The molecule has 2 aliphatic carbocycles. The van der Waals surface area contributed by atoms with Gasteiger partial charge in [-0.05, 0) is 73.6 Å². The normalized spacial score (nSPS) is 28.1. The highest BCUT2D eigenvalue weighted by atomic mass is 16.5. The highest BCUT2D eigenvalue weighted by molar-refractivity contribution is 5.31. The molecule has 0 N–H and O–H groups in total. The number of hydrogen-bond acceptors (Lipinski definition) is 2. The van der Waals surface area contributed by atoms with E-state index in [4.69, 9.17) is 9.47 Å². The van der Waals surface area contributed by atoms with Gasteiger partial charge in [-0.1, -0.05) is 65.2 Å². The molecule has 0 saturated heterocycles. The molecule has 0 bridgehead atoms. The maximum atomic E-state index is 6.05. The van der Waals surface area contributed by atoms with Crippen LogP contribution in [0.5, 0.6) is 11.5 Å². The number of benzene rings is 1. The first kappa shape index (κ1) is 21.5. The van der Waals surface area contributed by atoms with Crippen LogP contribution in [0.25, 0.3) is 0 Å². The van der Waals surface area contributed by atoms with Crippen LogP contribution in [0.1, 0.15) is 90.9 Å². The van der Waals surface area contributed by atoms with Gasteiger partial charge >= 0.3 is 0 Å². The zero-order valence-electron chi connectivity index (χ0n) is 18.3. The summed E-state index contributed by atoms with van der Waals surface area (Å²) in [6, 6.07) is 8.27. The van der Waals surface area contributed by atoms with Gasteiger partial charge in [0.15, 0.2) is 0 Å². The van der Waals surface area contributed by atoms with Gasteiger partial charge in [-0.2, -0.15) is 0 Å². The first-order chi connectivity index (χ1) is 13.7. The Labute approximate surface area is 173 Å². The predicted octanol–water partition coefficient (Wildman–Crippen LogP) is 7.66. The predicted molar refractivity (Wildman–Crippen MR) is 118 cm³/mol. The third-order valence-electron chi connectivity index (χ3n) is 7.13. The van der Waals surface area contributed by atoms with Gasteiger partial charge in [0.2, 0.25) is 0 Å². The Bertz CT molecular complexity index is 522. The molecule has 2 fully saturated rings. The van der Waals surface area contributed by atoms with Crippen molar-refractivity contribution in [2.24, 2.45) is 23.7 Å². The van der Waals surface area contributed by atoms with Crippen LogP contribution in [-0.4, -0.2) is 13.2 Å². The molecule has 0 aliphatic heterocycles. The Morgan fingerprint density at radius 3 is 1.89 bits per heavy atom. The lowest BCUT2D eigenvalue weighted by molar-refractivity contribution is 0.178. The molecule has 0 spiro atoms. The van der Waals surface area contributed by atoms with Crippen LogP contribution in [0, 0.1) is 23.7 Å². The molecule has 2 nitrogen and oxygen atoms in total. The topological polar surface area (TPSA) is 18.5 Å². The summed E-state index contributed by atoms with van der Waals surface area (Å²) in [6.45, 7) is 6.41. The Balaban J connectivity index is 1.27. The van der Waals surface area contributed by atoms with Crippen molar-refractivity contribution in [2.45, 2.75) is 90.9 Å². The number of rotatable bonds is 10. The Morgan fingerprint density at radius 1 is 0.714 bits per heavy atom. The zero-order chi connectivity index (χ0) is 19.6. The fourth-order valence-corrected chi connectivity index (χ4v) is 5.12. The molecule has 0 unspecified atom stereocenters. The third-order valence-corrected chi connectivity index (χ3v) is 7.13. The maximum absolute atomic E-state index is 6.05. The van der Waals surface area contributed by atoms with Crippen LogP contribution < -0.4 is 9.47 Å². The Hall–Kier alpha value is -1.18. The molecule has 1 aromatic rings. The summed E-state index contributed by atoms with van der Waals surface area (Å²) in [4.78, 5) is 0. The molecular weight excluding hydrogens is 344 g/mol. The molecule has 28 heavy (non-hydrogen) atoms. The van der Waals surface area contributed by atoms with Crippen LogP contribution in [0.2, 0.25) is 0 Å².